The summed E-state index contributed by atoms with van der Waals surface area (Å²) in [6, 6.07) is 0. The van der Waals surface area contributed by atoms with Crippen molar-refractivity contribution in [2.24, 2.45) is 5.92 Å². The third-order valence-electron chi connectivity index (χ3n) is 17.9. The number of hydrogen-bond acceptors (Lipinski definition) is 15. The van der Waals surface area contributed by atoms with Gasteiger partial charge in [0.15, 0.2) is 12.2 Å². The molecule has 0 saturated heterocycles. The molecule has 0 aliphatic rings. The maximum atomic E-state index is 13.1. The molecule has 6 atom stereocenters. The van der Waals surface area contributed by atoms with E-state index in [-0.39, 0.29) is 25.7 Å². The van der Waals surface area contributed by atoms with E-state index in [9.17, 15) is 43.2 Å². The Morgan fingerprint density at radius 1 is 0.298 bits per heavy atom. The Bertz CT molecular complexity index is 1810. The van der Waals surface area contributed by atoms with Gasteiger partial charge in [-0.25, -0.2) is 9.13 Å². The molecule has 3 unspecified atom stereocenters. The van der Waals surface area contributed by atoms with Gasteiger partial charge in [0, 0.05) is 25.7 Å². The largest absolute Gasteiger partial charge is 0.472 e. The number of aliphatic hydroxyl groups is 1. The molecule has 0 aromatic rings. The molecule has 0 aliphatic carbocycles. The number of aliphatic hydroxyl groups excluding tert-OH is 1. The Hall–Kier alpha value is -1.94. The highest BCUT2D eigenvalue weighted by molar-refractivity contribution is 7.47. The van der Waals surface area contributed by atoms with Gasteiger partial charge in [0.05, 0.1) is 26.4 Å². The Labute approximate surface area is 575 Å². The zero-order valence-corrected chi connectivity index (χ0v) is 62.9. The average Bonchev–Trinajstić information content (AvgIpc) is 3.77. The molecule has 0 aromatic carbocycles. The van der Waals surface area contributed by atoms with Gasteiger partial charge in [-0.2, -0.15) is 0 Å². The van der Waals surface area contributed by atoms with Crippen LogP contribution in [-0.4, -0.2) is 96.7 Å². The minimum atomic E-state index is -4.96. The Kier molecular flexibility index (Phi) is 66.8. The third kappa shape index (κ3) is 67.3. The first kappa shape index (κ1) is 92.1. The smallest absolute Gasteiger partial charge is 0.462 e. The maximum absolute atomic E-state index is 13.1. The highest BCUT2D eigenvalue weighted by Gasteiger charge is 2.30. The van der Waals surface area contributed by atoms with Crippen molar-refractivity contribution < 1.29 is 80.2 Å². The summed E-state index contributed by atoms with van der Waals surface area (Å²) < 4.78 is 68.4. The molecule has 0 saturated carbocycles. The van der Waals surface area contributed by atoms with Crippen LogP contribution in [0.5, 0.6) is 0 Å². The van der Waals surface area contributed by atoms with Crippen molar-refractivity contribution in [3.8, 4) is 0 Å². The fraction of sp³-hybridized carbons (Fsp3) is 0.947. The van der Waals surface area contributed by atoms with E-state index in [1.165, 1.54) is 218 Å². The quantitative estimate of drug-likeness (QED) is 0.0222. The topological polar surface area (TPSA) is 237 Å². The van der Waals surface area contributed by atoms with Crippen molar-refractivity contribution in [2.75, 3.05) is 39.6 Å². The van der Waals surface area contributed by atoms with Gasteiger partial charge in [-0.15, -0.1) is 0 Å². The van der Waals surface area contributed by atoms with Crippen LogP contribution in [0.25, 0.3) is 0 Å². The average molecular weight is 1380 g/mol. The first-order valence-electron chi connectivity index (χ1n) is 39.2. The standard InChI is InChI=1S/C75H146O17P2/c1-6-10-13-16-19-22-24-26-27-28-29-30-31-32-34-41-46-51-56-61-75(80)92-71(65-86-73(78)59-54-49-44-39-36-35-38-42-47-52-57-68(5)9-4)67-90-94(83,84)88-63-69(76)62-87-93(81,82)89-66-70(64-85-72(77)58-53-48-43-37-21-18-15-12-8-3)91-74(79)60-55-50-45-40-33-25-23-20-17-14-11-7-2/h68-71,76H,6-67H2,1-5H3,(H,81,82)(H,83,84)/t68?,69-,70+,71+/m0/s1. The summed E-state index contributed by atoms with van der Waals surface area (Å²) in [5.74, 6) is -1.31. The van der Waals surface area contributed by atoms with Crippen LogP contribution in [0.4, 0.5) is 0 Å². The van der Waals surface area contributed by atoms with Crippen molar-refractivity contribution >= 4 is 39.5 Å². The van der Waals surface area contributed by atoms with Crippen LogP contribution in [0.1, 0.15) is 394 Å². The lowest BCUT2D eigenvalue weighted by atomic mass is 9.99. The summed E-state index contributed by atoms with van der Waals surface area (Å²) in [6.07, 6.45) is 56.8. The number of hydrogen-bond donors (Lipinski definition) is 3. The summed E-state index contributed by atoms with van der Waals surface area (Å²) >= 11 is 0. The number of carbonyl (C=O) groups excluding carboxylic acids is 4. The highest BCUT2D eigenvalue weighted by atomic mass is 31.2. The molecule has 558 valence electrons. The first-order valence-corrected chi connectivity index (χ1v) is 42.2. The summed E-state index contributed by atoms with van der Waals surface area (Å²) in [5, 5.41) is 10.6. The molecule has 0 heterocycles. The molecule has 0 aromatic heterocycles. The minimum Gasteiger partial charge on any atom is -0.462 e. The van der Waals surface area contributed by atoms with E-state index < -0.39 is 97.5 Å². The molecule has 17 nitrogen and oxygen atoms in total. The van der Waals surface area contributed by atoms with Crippen molar-refractivity contribution in [1.82, 2.24) is 0 Å². The number of carbonyl (C=O) groups is 4. The van der Waals surface area contributed by atoms with Crippen LogP contribution in [0.3, 0.4) is 0 Å². The van der Waals surface area contributed by atoms with Crippen LogP contribution in [0.15, 0.2) is 0 Å². The zero-order valence-electron chi connectivity index (χ0n) is 61.1. The van der Waals surface area contributed by atoms with E-state index in [1.54, 1.807) is 0 Å². The summed E-state index contributed by atoms with van der Waals surface area (Å²) in [5.41, 5.74) is 0. The summed E-state index contributed by atoms with van der Waals surface area (Å²) in [7, 11) is -9.91. The van der Waals surface area contributed by atoms with E-state index in [4.69, 9.17) is 37.0 Å². The van der Waals surface area contributed by atoms with Gasteiger partial charge < -0.3 is 33.8 Å². The third-order valence-corrected chi connectivity index (χ3v) is 19.8. The van der Waals surface area contributed by atoms with E-state index >= 15 is 0 Å². The Morgan fingerprint density at radius 2 is 0.511 bits per heavy atom. The summed E-state index contributed by atoms with van der Waals surface area (Å²) in [4.78, 5) is 72.7. The van der Waals surface area contributed by atoms with E-state index in [0.717, 1.165) is 95.8 Å². The van der Waals surface area contributed by atoms with Crippen molar-refractivity contribution in [2.45, 2.75) is 412 Å². The lowest BCUT2D eigenvalue weighted by Crippen LogP contribution is -2.30. The number of unbranched alkanes of at least 4 members (excludes halogenated alkanes) is 46. The van der Waals surface area contributed by atoms with Crippen LogP contribution in [-0.2, 0) is 65.4 Å². The van der Waals surface area contributed by atoms with Crippen molar-refractivity contribution in [3.63, 3.8) is 0 Å². The van der Waals surface area contributed by atoms with Crippen molar-refractivity contribution in [3.05, 3.63) is 0 Å². The number of esters is 4. The second-order valence-corrected chi connectivity index (χ2v) is 30.2. The maximum Gasteiger partial charge on any atom is 0.472 e. The SMILES string of the molecule is CCCCCCCCCCCCCCCCCCCCCC(=O)O[C@H](COC(=O)CCCCCCCCCCCCC(C)CC)COP(=O)(O)OC[C@@H](O)COP(=O)(O)OC[C@@H](COC(=O)CCCCCCCCCCC)OC(=O)CCCCCCCCCCCCCC. The predicted molar refractivity (Wildman–Crippen MR) is 382 cm³/mol. The molecular formula is C75H146O17P2. The number of phosphoric acid groups is 2. The fourth-order valence-corrected chi connectivity index (χ4v) is 13.1. The molecular weight excluding hydrogens is 1230 g/mol. The molecule has 0 bridgehead atoms. The number of rotatable bonds is 75. The second-order valence-electron chi connectivity index (χ2n) is 27.3. The Balaban J connectivity index is 5.22. The zero-order chi connectivity index (χ0) is 69.1. The lowest BCUT2D eigenvalue weighted by Gasteiger charge is -2.21. The molecule has 3 N–H and O–H groups in total. The van der Waals surface area contributed by atoms with Gasteiger partial charge in [-0.1, -0.05) is 343 Å². The van der Waals surface area contributed by atoms with Gasteiger partial charge >= 0.3 is 39.5 Å². The number of ether oxygens (including phenoxy) is 4. The monoisotopic (exact) mass is 1380 g/mol. The van der Waals surface area contributed by atoms with E-state index in [1.807, 2.05) is 0 Å². The second kappa shape index (κ2) is 68.2. The van der Waals surface area contributed by atoms with E-state index in [0.29, 0.717) is 25.7 Å². The van der Waals surface area contributed by atoms with Crippen LogP contribution >= 0.6 is 15.6 Å². The fourth-order valence-electron chi connectivity index (χ4n) is 11.5. The van der Waals surface area contributed by atoms with Crippen molar-refractivity contribution in [1.29, 1.82) is 0 Å². The van der Waals surface area contributed by atoms with Crippen LogP contribution < -0.4 is 0 Å². The molecule has 0 radical (unpaired) electrons. The molecule has 0 aliphatic heterocycles. The van der Waals surface area contributed by atoms with Gasteiger partial charge in [0.25, 0.3) is 0 Å². The minimum absolute atomic E-state index is 0.108. The predicted octanol–water partition coefficient (Wildman–Crippen LogP) is 22.1. The molecule has 0 fully saturated rings. The number of phosphoric ester groups is 2. The van der Waals surface area contributed by atoms with E-state index in [2.05, 4.69) is 34.6 Å². The van der Waals surface area contributed by atoms with Gasteiger partial charge in [-0.3, -0.25) is 37.3 Å². The summed E-state index contributed by atoms with van der Waals surface area (Å²) in [6.45, 7) is 7.30. The van der Waals surface area contributed by atoms with Gasteiger partial charge in [0.2, 0.25) is 0 Å². The van der Waals surface area contributed by atoms with Crippen LogP contribution in [0.2, 0.25) is 0 Å². The molecule has 0 amide bonds. The molecule has 0 rings (SSSR count). The van der Waals surface area contributed by atoms with Gasteiger partial charge in [-0.05, 0) is 31.6 Å². The molecule has 0 spiro atoms. The van der Waals surface area contributed by atoms with Gasteiger partial charge in [0.1, 0.15) is 19.3 Å². The molecule has 94 heavy (non-hydrogen) atoms. The normalized spacial score (nSPS) is 14.3. The molecule has 19 heteroatoms. The lowest BCUT2D eigenvalue weighted by molar-refractivity contribution is -0.161. The van der Waals surface area contributed by atoms with Crippen LogP contribution in [0, 0.1) is 5.92 Å². The highest BCUT2D eigenvalue weighted by Crippen LogP contribution is 2.45. The first-order chi connectivity index (χ1) is 45.6. The Morgan fingerprint density at radius 3 is 0.755 bits per heavy atom.